The monoisotopic (exact) mass is 497 g/mol. The fourth-order valence-corrected chi connectivity index (χ4v) is 3.95. The fourth-order valence-electron chi connectivity index (χ4n) is 3.95. The Morgan fingerprint density at radius 2 is 1.83 bits per heavy atom. The standard InChI is InChI=1S/C27H26F3N3O3/c1-3-4-25(35)22-10-5-18(13-17(22)2)33-16-32-26-23(31-12-11-27(28,29)30)14-21(15-24(26)33)36-20-8-6-19(34)7-9-20/h5-10,13-16,31,34H,3-4,11-12H2,1-2H3. The molecule has 0 spiro atoms. The predicted octanol–water partition coefficient (Wildman–Crippen LogP) is 7.18. The summed E-state index contributed by atoms with van der Waals surface area (Å²) in [5, 5.41) is 12.4. The third-order valence-electron chi connectivity index (χ3n) is 5.69. The van der Waals surface area contributed by atoms with Gasteiger partial charge in [-0.1, -0.05) is 6.92 Å². The minimum Gasteiger partial charge on any atom is -0.508 e. The highest BCUT2D eigenvalue weighted by molar-refractivity contribution is 5.97. The molecule has 0 amide bonds. The van der Waals surface area contributed by atoms with E-state index in [1.54, 1.807) is 41.2 Å². The molecule has 0 unspecified atom stereocenters. The molecule has 1 heterocycles. The number of hydrogen-bond donors (Lipinski definition) is 2. The van der Waals surface area contributed by atoms with Gasteiger partial charge in [0.25, 0.3) is 0 Å². The average Bonchev–Trinajstić information content (AvgIpc) is 3.24. The number of aromatic hydroxyl groups is 1. The Morgan fingerprint density at radius 3 is 2.50 bits per heavy atom. The zero-order valence-corrected chi connectivity index (χ0v) is 19.9. The van der Waals surface area contributed by atoms with Gasteiger partial charge in [-0.15, -0.1) is 0 Å². The highest BCUT2D eigenvalue weighted by atomic mass is 19.4. The molecule has 0 aliphatic carbocycles. The Balaban J connectivity index is 1.74. The SMILES string of the molecule is CCCC(=O)c1ccc(-n2cnc3c(NCCC(F)(F)F)cc(Oc4ccc(O)cc4)cc32)cc1C. The Labute approximate surface area is 206 Å². The number of benzene rings is 3. The summed E-state index contributed by atoms with van der Waals surface area (Å²) in [7, 11) is 0. The van der Waals surface area contributed by atoms with E-state index in [9.17, 15) is 23.1 Å². The molecule has 9 heteroatoms. The van der Waals surface area contributed by atoms with E-state index in [-0.39, 0.29) is 18.1 Å². The topological polar surface area (TPSA) is 76.4 Å². The van der Waals surface area contributed by atoms with Crippen LogP contribution in [0, 0.1) is 6.92 Å². The van der Waals surface area contributed by atoms with Crippen LogP contribution >= 0.6 is 0 Å². The molecule has 0 saturated carbocycles. The first kappa shape index (κ1) is 25.1. The molecule has 0 aliphatic heterocycles. The number of aryl methyl sites for hydroxylation is 1. The summed E-state index contributed by atoms with van der Waals surface area (Å²) >= 11 is 0. The van der Waals surface area contributed by atoms with Gasteiger partial charge in [-0.05, 0) is 61.4 Å². The number of anilines is 1. The highest BCUT2D eigenvalue weighted by Crippen LogP contribution is 2.34. The van der Waals surface area contributed by atoms with Gasteiger partial charge in [0.05, 0.1) is 17.6 Å². The second-order valence-corrected chi connectivity index (χ2v) is 8.51. The molecular formula is C27H26F3N3O3. The van der Waals surface area contributed by atoms with Crippen LogP contribution in [0.5, 0.6) is 17.2 Å². The lowest BCUT2D eigenvalue weighted by molar-refractivity contribution is -0.131. The van der Waals surface area contributed by atoms with Crippen LogP contribution in [0.4, 0.5) is 18.9 Å². The molecule has 0 aliphatic rings. The molecule has 2 N–H and O–H groups in total. The molecule has 0 atom stereocenters. The van der Waals surface area contributed by atoms with E-state index in [2.05, 4.69) is 10.3 Å². The molecule has 36 heavy (non-hydrogen) atoms. The Kier molecular flexibility index (Phi) is 7.19. The molecule has 4 rings (SSSR count). The summed E-state index contributed by atoms with van der Waals surface area (Å²) in [6, 6.07) is 15.0. The van der Waals surface area contributed by atoms with Crippen LogP contribution in [-0.2, 0) is 0 Å². The number of carbonyl (C=O) groups excluding carboxylic acids is 1. The molecule has 188 valence electrons. The lowest BCUT2D eigenvalue weighted by Crippen LogP contribution is -2.14. The summed E-state index contributed by atoms with van der Waals surface area (Å²) in [6.45, 7) is 3.51. The number of carbonyl (C=O) groups is 1. The molecule has 0 saturated heterocycles. The first-order chi connectivity index (χ1) is 17.1. The van der Waals surface area contributed by atoms with Crippen molar-refractivity contribution in [3.05, 3.63) is 72.1 Å². The summed E-state index contributed by atoms with van der Waals surface area (Å²) in [5.41, 5.74) is 3.75. The van der Waals surface area contributed by atoms with Crippen molar-refractivity contribution in [2.24, 2.45) is 0 Å². The number of fused-ring (bicyclic) bond motifs is 1. The number of ketones is 1. The minimum absolute atomic E-state index is 0.0813. The zero-order valence-electron chi connectivity index (χ0n) is 19.9. The largest absolute Gasteiger partial charge is 0.508 e. The second kappa shape index (κ2) is 10.3. The maximum absolute atomic E-state index is 12.7. The van der Waals surface area contributed by atoms with Gasteiger partial charge in [-0.3, -0.25) is 9.36 Å². The van der Waals surface area contributed by atoms with E-state index in [4.69, 9.17) is 4.74 Å². The van der Waals surface area contributed by atoms with E-state index in [0.717, 1.165) is 17.7 Å². The third kappa shape index (κ3) is 5.79. The average molecular weight is 498 g/mol. The molecule has 6 nitrogen and oxygen atoms in total. The van der Waals surface area contributed by atoms with Crippen molar-refractivity contribution in [3.63, 3.8) is 0 Å². The first-order valence-corrected chi connectivity index (χ1v) is 11.6. The van der Waals surface area contributed by atoms with E-state index in [0.29, 0.717) is 40.2 Å². The molecule has 1 aromatic heterocycles. The maximum atomic E-state index is 12.7. The van der Waals surface area contributed by atoms with Crippen molar-refractivity contribution < 1.29 is 27.8 Å². The van der Waals surface area contributed by atoms with Gasteiger partial charge in [0, 0.05) is 36.3 Å². The van der Waals surface area contributed by atoms with Crippen LogP contribution in [0.25, 0.3) is 16.7 Å². The number of alkyl halides is 3. The lowest BCUT2D eigenvalue weighted by atomic mass is 10.0. The van der Waals surface area contributed by atoms with Crippen LogP contribution in [0.3, 0.4) is 0 Å². The van der Waals surface area contributed by atoms with Crippen LogP contribution in [0.1, 0.15) is 42.1 Å². The van der Waals surface area contributed by atoms with Crippen molar-refractivity contribution in [2.45, 2.75) is 39.3 Å². The molecule has 0 bridgehead atoms. The summed E-state index contributed by atoms with van der Waals surface area (Å²) in [5.74, 6) is 1.00. The lowest BCUT2D eigenvalue weighted by Gasteiger charge is -2.14. The quantitative estimate of drug-likeness (QED) is 0.240. The number of hydrogen-bond acceptors (Lipinski definition) is 5. The van der Waals surface area contributed by atoms with Crippen molar-refractivity contribution in [1.29, 1.82) is 0 Å². The Hall–Kier alpha value is -4.01. The number of ether oxygens (including phenoxy) is 1. The molecule has 4 aromatic rings. The van der Waals surface area contributed by atoms with E-state index < -0.39 is 12.6 Å². The van der Waals surface area contributed by atoms with Crippen molar-refractivity contribution in [2.75, 3.05) is 11.9 Å². The number of rotatable bonds is 9. The Morgan fingerprint density at radius 1 is 1.08 bits per heavy atom. The van der Waals surface area contributed by atoms with Crippen LogP contribution in [0.15, 0.2) is 60.9 Å². The van der Waals surface area contributed by atoms with Crippen molar-refractivity contribution >= 4 is 22.5 Å². The number of halogens is 3. The number of Topliss-reactive ketones (excluding diaryl/α,β-unsaturated/α-hetero) is 1. The van der Waals surface area contributed by atoms with Gasteiger partial charge in [0.15, 0.2) is 5.78 Å². The van der Waals surface area contributed by atoms with Crippen molar-refractivity contribution in [1.82, 2.24) is 9.55 Å². The zero-order chi connectivity index (χ0) is 25.9. The minimum atomic E-state index is -4.29. The van der Waals surface area contributed by atoms with E-state index in [1.807, 2.05) is 26.0 Å². The third-order valence-corrected chi connectivity index (χ3v) is 5.69. The van der Waals surface area contributed by atoms with Crippen molar-refractivity contribution in [3.8, 4) is 22.9 Å². The fraction of sp³-hybridized carbons (Fsp3) is 0.259. The second-order valence-electron chi connectivity index (χ2n) is 8.51. The molecule has 0 fully saturated rings. The van der Waals surface area contributed by atoms with Crippen LogP contribution < -0.4 is 10.1 Å². The number of phenols is 1. The van der Waals surface area contributed by atoms with E-state index >= 15 is 0 Å². The molecule has 3 aromatic carbocycles. The molecular weight excluding hydrogens is 471 g/mol. The van der Waals surface area contributed by atoms with Gasteiger partial charge in [0.1, 0.15) is 29.1 Å². The molecule has 0 radical (unpaired) electrons. The maximum Gasteiger partial charge on any atom is 0.390 e. The number of nitrogens with zero attached hydrogens (tertiary/aromatic N) is 2. The van der Waals surface area contributed by atoms with Gasteiger partial charge in [0.2, 0.25) is 0 Å². The summed E-state index contributed by atoms with van der Waals surface area (Å²) < 4.78 is 46.0. The predicted molar refractivity (Wildman–Crippen MR) is 132 cm³/mol. The smallest absolute Gasteiger partial charge is 0.390 e. The number of aromatic nitrogens is 2. The Bertz CT molecular complexity index is 1380. The summed E-state index contributed by atoms with van der Waals surface area (Å²) in [6.07, 6.45) is -2.46. The van der Waals surface area contributed by atoms with Gasteiger partial charge >= 0.3 is 6.18 Å². The number of imidazole rings is 1. The highest BCUT2D eigenvalue weighted by Gasteiger charge is 2.26. The number of nitrogens with one attached hydrogen (secondary N) is 1. The first-order valence-electron chi connectivity index (χ1n) is 11.6. The summed E-state index contributed by atoms with van der Waals surface area (Å²) in [4.78, 5) is 16.8. The van der Waals surface area contributed by atoms with Crippen LogP contribution in [0.2, 0.25) is 0 Å². The van der Waals surface area contributed by atoms with Gasteiger partial charge in [-0.25, -0.2) is 4.98 Å². The van der Waals surface area contributed by atoms with Gasteiger partial charge < -0.3 is 15.2 Å². The number of phenolic OH excluding ortho intramolecular Hbond substituents is 1. The van der Waals surface area contributed by atoms with Gasteiger partial charge in [-0.2, -0.15) is 13.2 Å². The van der Waals surface area contributed by atoms with E-state index in [1.165, 1.54) is 12.1 Å². The van der Waals surface area contributed by atoms with Crippen LogP contribution in [-0.4, -0.2) is 33.2 Å². The normalized spacial score (nSPS) is 11.6.